The third-order valence-corrected chi connectivity index (χ3v) is 4.69. The van der Waals surface area contributed by atoms with E-state index in [0.717, 1.165) is 36.1 Å². The molecule has 4 nitrogen and oxygen atoms in total. The number of rotatable bonds is 5. The zero-order chi connectivity index (χ0) is 18.0. The summed E-state index contributed by atoms with van der Waals surface area (Å²) >= 11 is 0. The zero-order valence-corrected chi connectivity index (χ0v) is 15.1. The molecular formula is C21H24N2O2. The molecule has 0 amide bonds. The van der Waals surface area contributed by atoms with Crippen LogP contribution in [-0.2, 0) is 19.4 Å². The van der Waals surface area contributed by atoms with Gasteiger partial charge in [-0.15, -0.1) is 0 Å². The second-order valence-electron chi connectivity index (χ2n) is 6.22. The Labute approximate surface area is 147 Å². The number of aryl methyl sites for hydroxylation is 3. The van der Waals surface area contributed by atoms with Crippen LogP contribution in [0, 0.1) is 0 Å². The summed E-state index contributed by atoms with van der Waals surface area (Å²) in [6, 6.07) is 13.4. The van der Waals surface area contributed by atoms with Crippen LogP contribution in [0.4, 0.5) is 0 Å². The molecule has 0 unspecified atom stereocenters. The van der Waals surface area contributed by atoms with Gasteiger partial charge in [0.1, 0.15) is 0 Å². The van der Waals surface area contributed by atoms with E-state index in [0.29, 0.717) is 17.4 Å². The van der Waals surface area contributed by atoms with Crippen LogP contribution in [0.3, 0.4) is 0 Å². The zero-order valence-electron chi connectivity index (χ0n) is 15.1. The largest absolute Gasteiger partial charge is 0.336 e. The monoisotopic (exact) mass is 336 g/mol. The molecule has 130 valence electrons. The third-order valence-electron chi connectivity index (χ3n) is 4.69. The summed E-state index contributed by atoms with van der Waals surface area (Å²) in [5, 5.41) is 0.587. The molecule has 0 N–H and O–H groups in total. The maximum absolute atomic E-state index is 13.3. The smallest absolute Gasteiger partial charge is 0.293 e. The van der Waals surface area contributed by atoms with Crippen LogP contribution in [0.15, 0.2) is 52.1 Å². The number of aromatic nitrogens is 2. The van der Waals surface area contributed by atoms with E-state index in [9.17, 15) is 9.59 Å². The lowest BCUT2D eigenvalue weighted by Crippen LogP contribution is -2.40. The second kappa shape index (κ2) is 7.09. The number of para-hydroxylation sites is 2. The van der Waals surface area contributed by atoms with Crippen LogP contribution in [0.1, 0.15) is 38.3 Å². The predicted octanol–water partition coefficient (Wildman–Crippen LogP) is 3.69. The molecule has 3 rings (SSSR count). The molecule has 1 aromatic heterocycles. The van der Waals surface area contributed by atoms with Gasteiger partial charge in [-0.05, 0) is 42.5 Å². The lowest BCUT2D eigenvalue weighted by molar-refractivity contribution is 0.634. The second-order valence-corrected chi connectivity index (χ2v) is 6.22. The topological polar surface area (TPSA) is 44.0 Å². The summed E-state index contributed by atoms with van der Waals surface area (Å²) in [4.78, 5) is 26.4. The molecule has 1 heterocycles. The van der Waals surface area contributed by atoms with E-state index in [1.807, 2.05) is 43.3 Å². The molecule has 0 spiro atoms. The quantitative estimate of drug-likeness (QED) is 0.713. The van der Waals surface area contributed by atoms with Crippen molar-refractivity contribution in [3.8, 4) is 5.69 Å². The van der Waals surface area contributed by atoms with Crippen molar-refractivity contribution >= 4 is 10.9 Å². The van der Waals surface area contributed by atoms with E-state index in [1.165, 1.54) is 4.57 Å². The van der Waals surface area contributed by atoms with Gasteiger partial charge >= 0.3 is 5.69 Å². The van der Waals surface area contributed by atoms with E-state index in [2.05, 4.69) is 13.8 Å². The summed E-state index contributed by atoms with van der Waals surface area (Å²) in [5.74, 6) is 0. The van der Waals surface area contributed by atoms with Gasteiger partial charge in [0.2, 0.25) is 0 Å². The van der Waals surface area contributed by atoms with Crippen LogP contribution in [-0.4, -0.2) is 9.13 Å². The highest BCUT2D eigenvalue weighted by Gasteiger charge is 2.18. The number of fused-ring (bicyclic) bond motifs is 1. The molecule has 0 saturated heterocycles. The predicted molar refractivity (Wildman–Crippen MR) is 103 cm³/mol. The minimum Gasteiger partial charge on any atom is -0.293 e. The molecule has 0 aliphatic heterocycles. The molecule has 0 radical (unpaired) electrons. The van der Waals surface area contributed by atoms with Gasteiger partial charge in [0.15, 0.2) is 0 Å². The van der Waals surface area contributed by atoms with Crippen molar-refractivity contribution in [3.05, 3.63) is 74.4 Å². The van der Waals surface area contributed by atoms with Gasteiger partial charge in [0, 0.05) is 6.54 Å². The van der Waals surface area contributed by atoms with Crippen molar-refractivity contribution in [1.29, 1.82) is 0 Å². The Bertz CT molecular complexity index is 1010. The van der Waals surface area contributed by atoms with Gasteiger partial charge in [0.25, 0.3) is 5.56 Å². The van der Waals surface area contributed by atoms with E-state index >= 15 is 0 Å². The molecular weight excluding hydrogens is 312 g/mol. The Morgan fingerprint density at radius 3 is 2.08 bits per heavy atom. The third kappa shape index (κ3) is 2.82. The first-order valence-electron chi connectivity index (χ1n) is 8.99. The van der Waals surface area contributed by atoms with Gasteiger partial charge < -0.3 is 0 Å². The van der Waals surface area contributed by atoms with E-state index in [1.54, 1.807) is 10.6 Å². The normalized spacial score (nSPS) is 11.2. The SMILES string of the molecule is CCCn1c(=O)n(-c2c(CC)cccc2CC)c(=O)c2ccccc21. The summed E-state index contributed by atoms with van der Waals surface area (Å²) in [7, 11) is 0. The van der Waals surface area contributed by atoms with E-state index in [-0.39, 0.29) is 11.2 Å². The average molecular weight is 336 g/mol. The van der Waals surface area contributed by atoms with Crippen LogP contribution in [0.25, 0.3) is 16.6 Å². The molecule has 0 atom stereocenters. The van der Waals surface area contributed by atoms with Crippen LogP contribution < -0.4 is 11.2 Å². The number of hydrogen-bond acceptors (Lipinski definition) is 2. The lowest BCUT2D eigenvalue weighted by Gasteiger charge is -2.18. The summed E-state index contributed by atoms with van der Waals surface area (Å²) in [5.41, 5.74) is 3.04. The number of nitrogens with zero attached hydrogens (tertiary/aromatic N) is 2. The number of hydrogen-bond donors (Lipinski definition) is 0. The van der Waals surface area contributed by atoms with Crippen molar-refractivity contribution in [1.82, 2.24) is 9.13 Å². The fraction of sp³-hybridized carbons (Fsp3) is 0.333. The van der Waals surface area contributed by atoms with Crippen molar-refractivity contribution < 1.29 is 0 Å². The van der Waals surface area contributed by atoms with Gasteiger partial charge in [-0.2, -0.15) is 0 Å². The fourth-order valence-corrected chi connectivity index (χ4v) is 3.46. The lowest BCUT2D eigenvalue weighted by atomic mass is 10.0. The molecule has 0 bridgehead atoms. The summed E-state index contributed by atoms with van der Waals surface area (Å²) < 4.78 is 3.11. The molecule has 3 aromatic rings. The first kappa shape index (κ1) is 17.2. The van der Waals surface area contributed by atoms with Crippen molar-refractivity contribution in [3.63, 3.8) is 0 Å². The molecule has 0 aliphatic rings. The molecule has 0 saturated carbocycles. The highest BCUT2D eigenvalue weighted by atomic mass is 16.2. The van der Waals surface area contributed by atoms with Crippen LogP contribution in [0.5, 0.6) is 0 Å². The van der Waals surface area contributed by atoms with E-state index in [4.69, 9.17) is 0 Å². The molecule has 0 fully saturated rings. The van der Waals surface area contributed by atoms with Crippen molar-refractivity contribution in [2.45, 2.75) is 46.6 Å². The molecule has 2 aromatic carbocycles. The number of benzene rings is 2. The van der Waals surface area contributed by atoms with Crippen LogP contribution >= 0.6 is 0 Å². The fourth-order valence-electron chi connectivity index (χ4n) is 3.46. The van der Waals surface area contributed by atoms with Gasteiger partial charge in [-0.3, -0.25) is 9.36 Å². The Hall–Kier alpha value is -2.62. The Balaban J connectivity index is 2.51. The minimum atomic E-state index is -0.249. The Morgan fingerprint density at radius 1 is 0.840 bits per heavy atom. The highest BCUT2D eigenvalue weighted by Crippen LogP contribution is 2.20. The molecule has 0 aliphatic carbocycles. The van der Waals surface area contributed by atoms with Gasteiger partial charge in [-0.25, -0.2) is 9.36 Å². The first-order chi connectivity index (χ1) is 12.1. The van der Waals surface area contributed by atoms with Crippen LogP contribution in [0.2, 0.25) is 0 Å². The van der Waals surface area contributed by atoms with Gasteiger partial charge in [0.05, 0.1) is 16.6 Å². The van der Waals surface area contributed by atoms with Crippen molar-refractivity contribution in [2.75, 3.05) is 0 Å². The maximum Gasteiger partial charge on any atom is 0.336 e. The average Bonchev–Trinajstić information content (AvgIpc) is 2.65. The van der Waals surface area contributed by atoms with Gasteiger partial charge in [-0.1, -0.05) is 51.1 Å². The van der Waals surface area contributed by atoms with E-state index < -0.39 is 0 Å². The Kier molecular flexibility index (Phi) is 4.88. The summed E-state index contributed by atoms with van der Waals surface area (Å²) in [6.45, 7) is 6.73. The Morgan fingerprint density at radius 2 is 1.48 bits per heavy atom. The first-order valence-corrected chi connectivity index (χ1v) is 8.99. The van der Waals surface area contributed by atoms with Crippen molar-refractivity contribution in [2.24, 2.45) is 0 Å². The minimum absolute atomic E-state index is 0.233. The summed E-state index contributed by atoms with van der Waals surface area (Å²) in [6.07, 6.45) is 2.38. The maximum atomic E-state index is 13.3. The standard InChI is InChI=1S/C21H24N2O2/c1-4-14-22-18-13-8-7-12-17(18)20(24)23(21(22)25)19-15(5-2)10-9-11-16(19)6-3/h7-13H,4-6,14H2,1-3H3. The molecule has 4 heteroatoms. The highest BCUT2D eigenvalue weighted by molar-refractivity contribution is 5.78. The molecule has 25 heavy (non-hydrogen) atoms.